The Hall–Kier alpha value is -2.20. The van der Waals surface area contributed by atoms with Gasteiger partial charge in [0, 0.05) is 11.5 Å². The van der Waals surface area contributed by atoms with Crippen molar-refractivity contribution in [2.45, 2.75) is 50.0 Å². The van der Waals surface area contributed by atoms with Crippen molar-refractivity contribution in [3.8, 4) is 11.5 Å². The molecule has 0 aromatic heterocycles. The highest BCUT2D eigenvalue weighted by atomic mass is 16.3. The molecule has 3 atom stereocenters. The van der Waals surface area contributed by atoms with Gasteiger partial charge >= 0.3 is 0 Å². The summed E-state index contributed by atoms with van der Waals surface area (Å²) >= 11 is 0. The normalized spacial score (nSPS) is 29.5. The maximum Gasteiger partial charge on any atom is 0.139 e. The molecule has 1 saturated heterocycles. The second-order valence-electron chi connectivity index (χ2n) is 8.19. The zero-order chi connectivity index (χ0) is 17.7. The third-order valence-corrected chi connectivity index (χ3v) is 6.93. The van der Waals surface area contributed by atoms with Crippen LogP contribution in [0.2, 0.25) is 0 Å². The Bertz CT molecular complexity index is 846. The van der Waals surface area contributed by atoms with Gasteiger partial charge in [-0.2, -0.15) is 0 Å². The van der Waals surface area contributed by atoms with E-state index in [1.165, 1.54) is 43.2 Å². The van der Waals surface area contributed by atoms with Gasteiger partial charge in [-0.05, 0) is 73.5 Å². The molecule has 2 aliphatic carbocycles. The Kier molecular flexibility index (Phi) is 3.64. The number of para-hydroxylation sites is 2. The number of piperidine rings is 1. The second kappa shape index (κ2) is 5.92. The summed E-state index contributed by atoms with van der Waals surface area (Å²) in [5.74, 6) is 1.17. The van der Waals surface area contributed by atoms with Crippen molar-refractivity contribution in [2.24, 2.45) is 5.92 Å². The predicted molar refractivity (Wildman–Crippen MR) is 103 cm³/mol. The Morgan fingerprint density at radius 2 is 1.88 bits per heavy atom. The minimum Gasteiger partial charge on any atom is -0.506 e. The van der Waals surface area contributed by atoms with Gasteiger partial charge in [0.05, 0.1) is 11.4 Å². The fourth-order valence-corrected chi connectivity index (χ4v) is 5.80. The molecular weight excluding hydrogens is 324 g/mol. The summed E-state index contributed by atoms with van der Waals surface area (Å²) in [6, 6.07) is 11.8. The molecule has 3 aliphatic rings. The van der Waals surface area contributed by atoms with Gasteiger partial charge in [0.25, 0.3) is 0 Å². The van der Waals surface area contributed by atoms with Gasteiger partial charge < -0.3 is 20.8 Å². The van der Waals surface area contributed by atoms with Crippen LogP contribution in [0.4, 0.5) is 11.4 Å². The molecule has 4 N–H and O–H groups in total. The lowest BCUT2D eigenvalue weighted by atomic mass is 9.53. The molecule has 2 fully saturated rings. The summed E-state index contributed by atoms with van der Waals surface area (Å²) in [7, 11) is 0. The van der Waals surface area contributed by atoms with Crippen molar-refractivity contribution in [1.82, 2.24) is 5.32 Å². The molecule has 5 rings (SSSR count). The Balaban J connectivity index is 1.57. The van der Waals surface area contributed by atoms with Gasteiger partial charge in [-0.3, -0.25) is 0 Å². The number of nitrogens with one attached hydrogen (secondary N) is 2. The van der Waals surface area contributed by atoms with Crippen molar-refractivity contribution in [3.63, 3.8) is 0 Å². The lowest BCUT2D eigenvalue weighted by Crippen LogP contribution is -2.59. The standard InChI is InChI=1S/C22H26N2O2/c25-20-7-2-1-6-17(20)24-19-12-14-11-18-15-5-3-4-8-22(15,9-10-23-18)16(14)13-21(19)26/h1-2,6-7,12-13,15,18,23-26H,3-5,8-11H2/t15-,18+,22+/m1/s1. The second-order valence-corrected chi connectivity index (χ2v) is 8.19. The molecule has 2 aromatic carbocycles. The number of phenolic OH excluding ortho intramolecular Hbond substituents is 2. The van der Waals surface area contributed by atoms with E-state index in [1.807, 2.05) is 18.2 Å². The minimum atomic E-state index is 0.189. The maximum atomic E-state index is 10.7. The van der Waals surface area contributed by atoms with E-state index >= 15 is 0 Å². The third-order valence-electron chi connectivity index (χ3n) is 6.93. The maximum absolute atomic E-state index is 10.7. The molecule has 0 amide bonds. The van der Waals surface area contributed by atoms with Crippen molar-refractivity contribution >= 4 is 11.4 Å². The number of phenols is 2. The van der Waals surface area contributed by atoms with Crippen molar-refractivity contribution in [3.05, 3.63) is 47.5 Å². The number of hydrogen-bond acceptors (Lipinski definition) is 4. The molecule has 4 nitrogen and oxygen atoms in total. The van der Waals surface area contributed by atoms with Crippen molar-refractivity contribution in [2.75, 3.05) is 11.9 Å². The molecule has 26 heavy (non-hydrogen) atoms. The molecule has 2 aromatic rings. The highest BCUT2D eigenvalue weighted by molar-refractivity contribution is 5.72. The van der Waals surface area contributed by atoms with Gasteiger partial charge in [0.1, 0.15) is 11.5 Å². The SMILES string of the molecule is Oc1ccccc1Nc1cc2c(cc1O)[C@]13CCCC[C@@H]1[C@H](C2)NCC3. The van der Waals surface area contributed by atoms with Crippen LogP contribution in [0.25, 0.3) is 0 Å². The van der Waals surface area contributed by atoms with Gasteiger partial charge in [0.2, 0.25) is 0 Å². The number of hydrogen-bond donors (Lipinski definition) is 4. The molecular formula is C22H26N2O2. The molecule has 1 saturated carbocycles. The molecule has 0 radical (unpaired) electrons. The minimum absolute atomic E-state index is 0.189. The highest BCUT2D eigenvalue weighted by Gasteiger charge is 2.51. The highest BCUT2D eigenvalue weighted by Crippen LogP contribution is 2.55. The van der Waals surface area contributed by atoms with E-state index in [9.17, 15) is 10.2 Å². The Morgan fingerprint density at radius 3 is 2.77 bits per heavy atom. The fraction of sp³-hybridized carbons (Fsp3) is 0.455. The first-order valence-electron chi connectivity index (χ1n) is 9.82. The number of anilines is 2. The summed E-state index contributed by atoms with van der Waals surface area (Å²) in [5, 5.41) is 27.7. The zero-order valence-electron chi connectivity index (χ0n) is 15.0. The third kappa shape index (κ3) is 2.32. The van der Waals surface area contributed by atoms with Crippen LogP contribution in [0, 0.1) is 5.92 Å². The van der Waals surface area contributed by atoms with Crippen LogP contribution >= 0.6 is 0 Å². The smallest absolute Gasteiger partial charge is 0.139 e. The average Bonchev–Trinajstić information content (AvgIpc) is 2.65. The predicted octanol–water partition coefficient (Wildman–Crippen LogP) is 4.19. The van der Waals surface area contributed by atoms with E-state index < -0.39 is 0 Å². The van der Waals surface area contributed by atoms with Crippen LogP contribution in [-0.2, 0) is 11.8 Å². The summed E-state index contributed by atoms with van der Waals surface area (Å²) in [6.07, 6.45) is 7.37. The first-order chi connectivity index (χ1) is 12.7. The van der Waals surface area contributed by atoms with Crippen LogP contribution < -0.4 is 10.6 Å². The van der Waals surface area contributed by atoms with E-state index in [0.717, 1.165) is 13.0 Å². The van der Waals surface area contributed by atoms with Gasteiger partial charge in [-0.15, -0.1) is 0 Å². The molecule has 1 heterocycles. The first-order valence-corrected chi connectivity index (χ1v) is 9.82. The van der Waals surface area contributed by atoms with Crippen LogP contribution in [-0.4, -0.2) is 22.8 Å². The largest absolute Gasteiger partial charge is 0.506 e. The van der Waals surface area contributed by atoms with Crippen LogP contribution in [0.1, 0.15) is 43.2 Å². The average molecular weight is 350 g/mol. The van der Waals surface area contributed by atoms with E-state index in [-0.39, 0.29) is 16.9 Å². The molecule has 136 valence electrons. The number of rotatable bonds is 2. The van der Waals surface area contributed by atoms with E-state index in [2.05, 4.69) is 16.7 Å². The summed E-state index contributed by atoms with van der Waals surface area (Å²) in [6.45, 7) is 1.08. The summed E-state index contributed by atoms with van der Waals surface area (Å²) in [5.41, 5.74) is 4.25. The molecule has 4 heteroatoms. The van der Waals surface area contributed by atoms with Crippen molar-refractivity contribution in [1.29, 1.82) is 0 Å². The lowest BCUT2D eigenvalue weighted by molar-refractivity contribution is 0.0796. The van der Waals surface area contributed by atoms with Gasteiger partial charge in [-0.1, -0.05) is 25.0 Å². The van der Waals surface area contributed by atoms with Crippen LogP contribution in [0.15, 0.2) is 36.4 Å². The fourth-order valence-electron chi connectivity index (χ4n) is 5.80. The topological polar surface area (TPSA) is 64.5 Å². The van der Waals surface area contributed by atoms with E-state index in [0.29, 0.717) is 23.3 Å². The number of aromatic hydroxyl groups is 2. The first kappa shape index (κ1) is 16.0. The Morgan fingerprint density at radius 1 is 1.00 bits per heavy atom. The molecule has 2 bridgehead atoms. The quantitative estimate of drug-likeness (QED) is 0.613. The number of benzene rings is 2. The van der Waals surface area contributed by atoms with Crippen molar-refractivity contribution < 1.29 is 10.2 Å². The molecule has 1 aliphatic heterocycles. The summed E-state index contributed by atoms with van der Waals surface area (Å²) < 4.78 is 0. The van der Waals surface area contributed by atoms with E-state index in [4.69, 9.17) is 0 Å². The monoisotopic (exact) mass is 350 g/mol. The van der Waals surface area contributed by atoms with Gasteiger partial charge in [0.15, 0.2) is 0 Å². The van der Waals surface area contributed by atoms with Crippen LogP contribution in [0.5, 0.6) is 11.5 Å². The van der Waals surface area contributed by atoms with E-state index in [1.54, 1.807) is 12.1 Å². The lowest BCUT2D eigenvalue weighted by Gasteiger charge is -2.56. The zero-order valence-corrected chi connectivity index (χ0v) is 15.0. The number of fused-ring (bicyclic) bond motifs is 1. The summed E-state index contributed by atoms with van der Waals surface area (Å²) in [4.78, 5) is 0. The molecule has 0 unspecified atom stereocenters. The molecule has 0 spiro atoms. The Labute approximate surface area is 154 Å². The van der Waals surface area contributed by atoms with Gasteiger partial charge in [-0.25, -0.2) is 0 Å². The van der Waals surface area contributed by atoms with Crippen LogP contribution in [0.3, 0.4) is 0 Å².